The van der Waals surface area contributed by atoms with Gasteiger partial charge in [0.05, 0.1) is 24.8 Å². The first-order valence-corrected chi connectivity index (χ1v) is 9.76. The zero-order valence-electron chi connectivity index (χ0n) is 13.4. The number of methoxy groups -OCH3 is 1. The predicted octanol–water partition coefficient (Wildman–Crippen LogP) is 2.56. The van der Waals surface area contributed by atoms with Crippen LogP contribution in [0.5, 0.6) is 5.75 Å². The monoisotopic (exact) mass is 379 g/mol. The van der Waals surface area contributed by atoms with E-state index in [1.807, 2.05) is 0 Å². The summed E-state index contributed by atoms with van der Waals surface area (Å²) in [6, 6.07) is 12.8. The molecule has 3 rings (SSSR count). The first-order chi connectivity index (χ1) is 12.0. The molecule has 0 fully saturated rings. The summed E-state index contributed by atoms with van der Waals surface area (Å²) in [7, 11) is -2.30. The van der Waals surface area contributed by atoms with E-state index in [1.54, 1.807) is 41.8 Å². The number of ether oxygens (including phenoxy) is 1. The molecule has 0 aliphatic rings. The average Bonchev–Trinajstić information content (AvgIpc) is 3.33. The highest BCUT2D eigenvalue weighted by Gasteiger charge is 2.37. The maximum Gasteiger partial charge on any atom is 0.240 e. The van der Waals surface area contributed by atoms with Gasteiger partial charge in [-0.25, -0.2) is 13.1 Å². The van der Waals surface area contributed by atoms with Crippen LogP contribution in [0.4, 0.5) is 0 Å². The normalized spacial score (nSPS) is 14.2. The highest BCUT2D eigenvalue weighted by molar-refractivity contribution is 7.89. The lowest BCUT2D eigenvalue weighted by Crippen LogP contribution is -2.40. The molecule has 0 bridgehead atoms. The fourth-order valence-electron chi connectivity index (χ4n) is 2.36. The second-order valence-electron chi connectivity index (χ2n) is 5.31. The van der Waals surface area contributed by atoms with E-state index in [2.05, 4.69) is 4.72 Å². The molecule has 1 unspecified atom stereocenters. The van der Waals surface area contributed by atoms with Gasteiger partial charge in [0.15, 0.2) is 5.60 Å². The molecule has 132 valence electrons. The maximum atomic E-state index is 12.5. The predicted molar refractivity (Wildman–Crippen MR) is 94.2 cm³/mol. The van der Waals surface area contributed by atoms with Gasteiger partial charge in [0.25, 0.3) is 0 Å². The van der Waals surface area contributed by atoms with Crippen molar-refractivity contribution in [2.45, 2.75) is 10.5 Å². The SMILES string of the molecule is COc1ccc(S(=O)(=O)NCC(O)(c2ccco2)c2cccs2)cc1. The first kappa shape index (κ1) is 17.7. The van der Waals surface area contributed by atoms with Crippen molar-refractivity contribution in [2.75, 3.05) is 13.7 Å². The molecule has 0 radical (unpaired) electrons. The van der Waals surface area contributed by atoms with Gasteiger partial charge < -0.3 is 14.3 Å². The topological polar surface area (TPSA) is 88.8 Å². The number of aliphatic hydroxyl groups is 1. The van der Waals surface area contributed by atoms with Crippen LogP contribution in [0.25, 0.3) is 0 Å². The molecule has 0 aliphatic heterocycles. The molecular weight excluding hydrogens is 362 g/mol. The van der Waals surface area contributed by atoms with Gasteiger partial charge in [-0.05, 0) is 47.8 Å². The van der Waals surface area contributed by atoms with E-state index < -0.39 is 15.6 Å². The van der Waals surface area contributed by atoms with E-state index in [9.17, 15) is 13.5 Å². The second kappa shape index (κ2) is 7.01. The molecule has 0 spiro atoms. The highest BCUT2D eigenvalue weighted by Crippen LogP contribution is 2.33. The van der Waals surface area contributed by atoms with Crippen LogP contribution >= 0.6 is 11.3 Å². The van der Waals surface area contributed by atoms with Gasteiger partial charge in [-0.1, -0.05) is 6.07 Å². The minimum absolute atomic E-state index is 0.0845. The molecule has 0 saturated heterocycles. The first-order valence-electron chi connectivity index (χ1n) is 7.40. The number of hydrogen-bond acceptors (Lipinski definition) is 6. The minimum Gasteiger partial charge on any atom is -0.497 e. The molecule has 0 saturated carbocycles. The lowest BCUT2D eigenvalue weighted by molar-refractivity contribution is 0.0655. The zero-order valence-corrected chi connectivity index (χ0v) is 15.0. The second-order valence-corrected chi connectivity index (χ2v) is 8.03. The summed E-state index contributed by atoms with van der Waals surface area (Å²) in [5, 5.41) is 12.9. The molecule has 2 N–H and O–H groups in total. The van der Waals surface area contributed by atoms with Crippen LogP contribution < -0.4 is 9.46 Å². The van der Waals surface area contributed by atoms with Crippen molar-refractivity contribution >= 4 is 21.4 Å². The van der Waals surface area contributed by atoms with Crippen molar-refractivity contribution in [3.63, 3.8) is 0 Å². The summed E-state index contributed by atoms with van der Waals surface area (Å²) >= 11 is 1.32. The van der Waals surface area contributed by atoms with Gasteiger partial charge in [0.1, 0.15) is 11.5 Å². The van der Waals surface area contributed by atoms with Crippen molar-refractivity contribution < 1.29 is 22.7 Å². The Morgan fingerprint density at radius 3 is 2.52 bits per heavy atom. The number of nitrogens with one attached hydrogen (secondary N) is 1. The Hall–Kier alpha value is -2.13. The van der Waals surface area contributed by atoms with Crippen molar-refractivity contribution in [3.8, 4) is 5.75 Å². The Morgan fingerprint density at radius 2 is 1.96 bits per heavy atom. The Labute approximate surface area is 149 Å². The van der Waals surface area contributed by atoms with Crippen molar-refractivity contribution in [3.05, 3.63) is 70.8 Å². The standard InChI is InChI=1S/C17H17NO5S2/c1-22-13-6-8-14(9-7-13)25(20,21)18-12-17(19,15-4-2-10-23-15)16-5-3-11-24-16/h2-11,18-19H,12H2,1H3. The Balaban J connectivity index is 1.86. The molecule has 6 nitrogen and oxygen atoms in total. The summed E-state index contributed by atoms with van der Waals surface area (Å²) in [5.74, 6) is 0.831. The molecule has 3 aromatic rings. The van der Waals surface area contributed by atoms with E-state index in [0.717, 1.165) is 0 Å². The molecule has 2 aromatic heterocycles. The Kier molecular flexibility index (Phi) is 4.96. The Morgan fingerprint density at radius 1 is 1.20 bits per heavy atom. The zero-order chi connectivity index (χ0) is 17.9. The van der Waals surface area contributed by atoms with Gasteiger partial charge in [-0.15, -0.1) is 11.3 Å². The molecule has 8 heteroatoms. The van der Waals surface area contributed by atoms with Crippen LogP contribution in [0.3, 0.4) is 0 Å². The molecule has 0 amide bonds. The molecule has 2 heterocycles. The summed E-state index contributed by atoms with van der Waals surface area (Å²) < 4.78 is 37.9. The third kappa shape index (κ3) is 3.62. The van der Waals surface area contributed by atoms with Crippen molar-refractivity contribution in [1.29, 1.82) is 0 Å². The number of rotatable bonds is 7. The minimum atomic E-state index is -3.80. The van der Waals surface area contributed by atoms with Crippen molar-refractivity contribution in [1.82, 2.24) is 4.72 Å². The summed E-state index contributed by atoms with van der Waals surface area (Å²) in [6.45, 7) is -0.255. The largest absolute Gasteiger partial charge is 0.497 e. The third-order valence-corrected chi connectivity index (χ3v) is 6.18. The number of hydrogen-bond donors (Lipinski definition) is 2. The molecule has 0 aliphatic carbocycles. The van der Waals surface area contributed by atoms with Gasteiger partial charge in [-0.2, -0.15) is 0 Å². The third-order valence-electron chi connectivity index (χ3n) is 3.75. The highest BCUT2D eigenvalue weighted by atomic mass is 32.2. The lowest BCUT2D eigenvalue weighted by atomic mass is 9.99. The number of furan rings is 1. The molecular formula is C17H17NO5S2. The van der Waals surface area contributed by atoms with Crippen LogP contribution in [0.1, 0.15) is 10.6 Å². The van der Waals surface area contributed by atoms with Gasteiger partial charge in [0, 0.05) is 4.88 Å². The van der Waals surface area contributed by atoms with Gasteiger partial charge in [0.2, 0.25) is 10.0 Å². The smallest absolute Gasteiger partial charge is 0.240 e. The van der Waals surface area contributed by atoms with Gasteiger partial charge in [-0.3, -0.25) is 0 Å². The van der Waals surface area contributed by atoms with Gasteiger partial charge >= 0.3 is 0 Å². The number of benzene rings is 1. The number of thiophene rings is 1. The summed E-state index contributed by atoms with van der Waals surface area (Å²) in [5.41, 5.74) is -1.59. The fourth-order valence-corrected chi connectivity index (χ4v) is 4.25. The van der Waals surface area contributed by atoms with E-state index in [1.165, 1.54) is 36.8 Å². The Bertz CT molecular complexity index is 866. The van der Waals surface area contributed by atoms with E-state index in [-0.39, 0.29) is 17.2 Å². The van der Waals surface area contributed by atoms with E-state index >= 15 is 0 Å². The summed E-state index contributed by atoms with van der Waals surface area (Å²) in [6.07, 6.45) is 1.44. The maximum absolute atomic E-state index is 12.5. The van der Waals surface area contributed by atoms with Crippen molar-refractivity contribution in [2.24, 2.45) is 0 Å². The quantitative estimate of drug-likeness (QED) is 0.659. The van der Waals surface area contributed by atoms with Crippen LogP contribution in [0.15, 0.2) is 69.5 Å². The lowest BCUT2D eigenvalue weighted by Gasteiger charge is -2.25. The fraction of sp³-hybridized carbons (Fsp3) is 0.176. The number of sulfonamides is 1. The summed E-state index contributed by atoms with van der Waals surface area (Å²) in [4.78, 5) is 0.668. The van der Waals surface area contributed by atoms with E-state index in [0.29, 0.717) is 10.6 Å². The van der Waals surface area contributed by atoms with E-state index in [4.69, 9.17) is 9.15 Å². The molecule has 25 heavy (non-hydrogen) atoms. The molecule has 1 aromatic carbocycles. The van der Waals surface area contributed by atoms with Crippen LogP contribution in [-0.2, 0) is 15.6 Å². The van der Waals surface area contributed by atoms with Crippen LogP contribution in [-0.4, -0.2) is 27.2 Å². The average molecular weight is 379 g/mol. The van der Waals surface area contributed by atoms with Crippen LogP contribution in [0.2, 0.25) is 0 Å². The molecule has 1 atom stereocenters. The van der Waals surface area contributed by atoms with Crippen LogP contribution in [0, 0.1) is 0 Å².